The second kappa shape index (κ2) is 9.62. The fourth-order valence-electron chi connectivity index (χ4n) is 4.51. The van der Waals surface area contributed by atoms with E-state index in [1.165, 1.54) is 15.8 Å². The zero-order chi connectivity index (χ0) is 25.3. The monoisotopic (exact) mass is 491 g/mol. The van der Waals surface area contributed by atoms with E-state index in [2.05, 4.69) is 11.4 Å². The van der Waals surface area contributed by atoms with Gasteiger partial charge in [-0.25, -0.2) is 0 Å². The van der Waals surface area contributed by atoms with Gasteiger partial charge in [-0.3, -0.25) is 19.7 Å². The van der Waals surface area contributed by atoms with E-state index >= 15 is 0 Å². The van der Waals surface area contributed by atoms with E-state index in [1.807, 2.05) is 56.0 Å². The molecule has 2 amide bonds. The Kier molecular flexibility index (Phi) is 6.76. The summed E-state index contributed by atoms with van der Waals surface area (Å²) in [5, 5.41) is 13.5. The predicted octanol–water partition coefficient (Wildman–Crippen LogP) is 5.38. The van der Waals surface area contributed by atoms with Gasteiger partial charge >= 0.3 is 0 Å². The van der Waals surface area contributed by atoms with Crippen LogP contribution in [0.15, 0.2) is 60.0 Å². The summed E-state index contributed by atoms with van der Waals surface area (Å²) in [7, 11) is 0. The average Bonchev–Trinajstić information content (AvgIpc) is 3.30. The topological polar surface area (TPSA) is 83.8 Å². The largest absolute Gasteiger partial charge is 0.330 e. The average molecular weight is 492 g/mol. The predicted molar refractivity (Wildman–Crippen MR) is 137 cm³/mol. The van der Waals surface area contributed by atoms with Crippen molar-refractivity contribution in [2.75, 3.05) is 13.1 Å². The fraction of sp³-hybridized carbons (Fsp3) is 0.333. The van der Waals surface area contributed by atoms with Gasteiger partial charge in [-0.1, -0.05) is 36.4 Å². The highest BCUT2D eigenvalue weighted by molar-refractivity contribution is 7.10. The van der Waals surface area contributed by atoms with Crippen LogP contribution in [0.25, 0.3) is 0 Å². The van der Waals surface area contributed by atoms with E-state index in [0.29, 0.717) is 12.1 Å². The number of carbonyl (C=O) groups excluding carboxylic acids is 2. The summed E-state index contributed by atoms with van der Waals surface area (Å²) in [4.78, 5) is 42.9. The molecule has 3 aromatic rings. The second-order valence-corrected chi connectivity index (χ2v) is 10.8. The highest BCUT2D eigenvalue weighted by Gasteiger charge is 2.36. The Labute approximate surface area is 209 Å². The SMILES string of the molecule is Cc1ccc(C(=O)N(CC(=O)N2CCc3sccc3C2c2ccccc2)C(C)(C)C)cc1[N+](=O)[O-]. The van der Waals surface area contributed by atoms with Crippen LogP contribution in [0, 0.1) is 17.0 Å². The summed E-state index contributed by atoms with van der Waals surface area (Å²) in [6, 6.07) is 16.3. The van der Waals surface area contributed by atoms with Crippen molar-refractivity contribution in [3.8, 4) is 0 Å². The molecule has 0 radical (unpaired) electrons. The molecule has 0 saturated carbocycles. The first kappa shape index (κ1) is 24.6. The minimum atomic E-state index is -0.669. The van der Waals surface area contributed by atoms with E-state index in [4.69, 9.17) is 0 Å². The maximum absolute atomic E-state index is 13.8. The molecule has 0 saturated heterocycles. The number of nitro benzene ring substituents is 1. The smallest absolute Gasteiger partial charge is 0.273 e. The maximum Gasteiger partial charge on any atom is 0.273 e. The summed E-state index contributed by atoms with van der Waals surface area (Å²) in [5.41, 5.74) is 2.06. The first-order valence-corrected chi connectivity index (χ1v) is 12.4. The Balaban J connectivity index is 1.66. The van der Waals surface area contributed by atoms with Gasteiger partial charge in [0.2, 0.25) is 5.91 Å². The number of fused-ring (bicyclic) bond motifs is 1. The zero-order valence-electron chi connectivity index (χ0n) is 20.4. The third-order valence-electron chi connectivity index (χ3n) is 6.40. The minimum absolute atomic E-state index is 0.110. The van der Waals surface area contributed by atoms with Crippen molar-refractivity contribution in [3.63, 3.8) is 0 Å². The molecule has 2 heterocycles. The minimum Gasteiger partial charge on any atom is -0.330 e. The van der Waals surface area contributed by atoms with Crippen LogP contribution in [0.2, 0.25) is 0 Å². The molecular weight excluding hydrogens is 462 g/mol. The number of nitro groups is 1. The van der Waals surface area contributed by atoms with Crippen LogP contribution in [0.5, 0.6) is 0 Å². The number of rotatable bonds is 5. The van der Waals surface area contributed by atoms with Gasteiger partial charge in [0, 0.05) is 34.2 Å². The van der Waals surface area contributed by atoms with Gasteiger partial charge < -0.3 is 9.80 Å². The van der Waals surface area contributed by atoms with Crippen LogP contribution >= 0.6 is 11.3 Å². The fourth-order valence-corrected chi connectivity index (χ4v) is 5.42. The molecule has 8 heteroatoms. The standard InChI is InChI=1S/C27H29N3O4S/c1-18-10-11-20(16-22(18)30(33)34)26(32)29(27(2,3)4)17-24(31)28-14-12-23-21(13-15-35-23)25(28)19-8-6-5-7-9-19/h5-11,13,15-16,25H,12,14,17H2,1-4H3. The van der Waals surface area contributed by atoms with Gasteiger partial charge in [0.1, 0.15) is 6.54 Å². The lowest BCUT2D eigenvalue weighted by molar-refractivity contribution is -0.385. The number of carbonyl (C=O) groups is 2. The number of hydrogen-bond acceptors (Lipinski definition) is 5. The highest BCUT2D eigenvalue weighted by atomic mass is 32.1. The van der Waals surface area contributed by atoms with Crippen LogP contribution in [0.1, 0.15) is 58.7 Å². The van der Waals surface area contributed by atoms with Crippen molar-refractivity contribution in [2.45, 2.75) is 45.7 Å². The molecule has 0 spiro atoms. The molecule has 4 rings (SSSR count). The number of hydrogen-bond donors (Lipinski definition) is 0. The van der Waals surface area contributed by atoms with Gasteiger partial charge in [0.05, 0.1) is 11.0 Å². The Hall–Kier alpha value is -3.52. The first-order valence-electron chi connectivity index (χ1n) is 11.6. The lowest BCUT2D eigenvalue weighted by Crippen LogP contribution is -2.52. The Morgan fingerprint density at radius 1 is 1.14 bits per heavy atom. The molecule has 0 N–H and O–H groups in total. The quantitative estimate of drug-likeness (QED) is 0.354. The van der Waals surface area contributed by atoms with Gasteiger partial charge in [-0.15, -0.1) is 11.3 Å². The van der Waals surface area contributed by atoms with Crippen molar-refractivity contribution in [2.24, 2.45) is 0 Å². The summed E-state index contributed by atoms with van der Waals surface area (Å²) in [6.07, 6.45) is 0.774. The normalized spacial score (nSPS) is 15.4. The van der Waals surface area contributed by atoms with Gasteiger partial charge in [-0.05, 0) is 62.8 Å². The Morgan fingerprint density at radius 2 is 1.86 bits per heavy atom. The van der Waals surface area contributed by atoms with E-state index < -0.39 is 16.4 Å². The molecule has 2 aromatic carbocycles. The molecule has 1 aliphatic rings. The lowest BCUT2D eigenvalue weighted by Gasteiger charge is -2.40. The molecule has 1 aliphatic heterocycles. The summed E-state index contributed by atoms with van der Waals surface area (Å²) < 4.78 is 0. The van der Waals surface area contributed by atoms with Crippen LogP contribution in [-0.2, 0) is 11.2 Å². The van der Waals surface area contributed by atoms with Crippen molar-refractivity contribution >= 4 is 28.8 Å². The summed E-state index contributed by atoms with van der Waals surface area (Å²) in [6.45, 7) is 7.67. The van der Waals surface area contributed by atoms with Gasteiger partial charge in [-0.2, -0.15) is 0 Å². The molecule has 1 aromatic heterocycles. The molecule has 1 atom stereocenters. The van der Waals surface area contributed by atoms with E-state index in [-0.39, 0.29) is 29.7 Å². The Bertz CT molecular complexity index is 1260. The molecule has 182 valence electrons. The highest BCUT2D eigenvalue weighted by Crippen LogP contribution is 2.38. The molecule has 0 bridgehead atoms. The van der Waals surface area contributed by atoms with Crippen molar-refractivity contribution < 1.29 is 14.5 Å². The van der Waals surface area contributed by atoms with Gasteiger partial charge in [0.25, 0.3) is 11.6 Å². The molecule has 1 unspecified atom stereocenters. The van der Waals surface area contributed by atoms with E-state index in [1.54, 1.807) is 30.4 Å². The number of thiophene rings is 1. The number of nitrogens with zero attached hydrogens (tertiary/aromatic N) is 3. The second-order valence-electron chi connectivity index (χ2n) is 9.77. The van der Waals surface area contributed by atoms with Crippen LogP contribution in [-0.4, -0.2) is 45.2 Å². The molecule has 7 nitrogen and oxygen atoms in total. The summed E-state index contributed by atoms with van der Waals surface area (Å²) >= 11 is 1.71. The van der Waals surface area contributed by atoms with E-state index in [9.17, 15) is 19.7 Å². The van der Waals surface area contributed by atoms with Crippen molar-refractivity contribution in [3.05, 3.63) is 97.2 Å². The third-order valence-corrected chi connectivity index (χ3v) is 7.40. The first-order chi connectivity index (χ1) is 16.6. The molecular formula is C27H29N3O4S. The molecule has 0 aliphatic carbocycles. The van der Waals surface area contributed by atoms with Gasteiger partial charge in [0.15, 0.2) is 0 Å². The maximum atomic E-state index is 13.8. The molecule has 0 fully saturated rings. The van der Waals surface area contributed by atoms with Crippen LogP contribution < -0.4 is 0 Å². The van der Waals surface area contributed by atoms with Crippen LogP contribution in [0.3, 0.4) is 0 Å². The van der Waals surface area contributed by atoms with Crippen molar-refractivity contribution in [1.29, 1.82) is 0 Å². The van der Waals surface area contributed by atoms with Crippen molar-refractivity contribution in [1.82, 2.24) is 9.80 Å². The number of aryl methyl sites for hydroxylation is 1. The van der Waals surface area contributed by atoms with E-state index in [0.717, 1.165) is 17.5 Å². The lowest BCUT2D eigenvalue weighted by atomic mass is 9.93. The molecule has 35 heavy (non-hydrogen) atoms. The number of benzene rings is 2. The van der Waals surface area contributed by atoms with Crippen LogP contribution in [0.4, 0.5) is 5.69 Å². The zero-order valence-corrected chi connectivity index (χ0v) is 21.2. The number of amides is 2. The summed E-state index contributed by atoms with van der Waals surface area (Å²) in [5.74, 6) is -0.556. The third kappa shape index (κ3) is 4.98. The Morgan fingerprint density at radius 3 is 2.51 bits per heavy atom.